The third kappa shape index (κ3) is 5.30. The van der Waals surface area contributed by atoms with Crippen molar-refractivity contribution in [3.8, 4) is 0 Å². The van der Waals surface area contributed by atoms with Gasteiger partial charge in [0.15, 0.2) is 0 Å². The topological polar surface area (TPSA) is 41.1 Å². The van der Waals surface area contributed by atoms with E-state index in [0.717, 1.165) is 6.54 Å². The van der Waals surface area contributed by atoms with Crippen molar-refractivity contribution in [2.45, 2.75) is 56.7 Å². The van der Waals surface area contributed by atoms with E-state index in [0.29, 0.717) is 11.3 Å². The van der Waals surface area contributed by atoms with E-state index in [9.17, 15) is 4.79 Å². The van der Waals surface area contributed by atoms with E-state index >= 15 is 0 Å². The van der Waals surface area contributed by atoms with Crippen molar-refractivity contribution in [1.29, 1.82) is 0 Å². The Balaban J connectivity index is 2.27. The maximum Gasteiger partial charge on any atom is 0.234 e. The summed E-state index contributed by atoms with van der Waals surface area (Å²) in [5.74, 6) is 0.111. The molecule has 100 valence electrons. The molecule has 0 aromatic rings. The van der Waals surface area contributed by atoms with Crippen LogP contribution in [0.25, 0.3) is 0 Å². The summed E-state index contributed by atoms with van der Waals surface area (Å²) in [6.45, 7) is 7.44. The first-order valence-electron chi connectivity index (χ1n) is 6.44. The number of hydrogen-bond donors (Lipinski definition) is 2. The highest BCUT2D eigenvalue weighted by Gasteiger charge is 2.33. The van der Waals surface area contributed by atoms with Gasteiger partial charge in [-0.3, -0.25) is 4.79 Å². The van der Waals surface area contributed by atoms with Crippen LogP contribution in [0.5, 0.6) is 0 Å². The van der Waals surface area contributed by atoms with Gasteiger partial charge in [0.05, 0.1) is 6.54 Å². The average molecular weight is 258 g/mol. The fourth-order valence-electron chi connectivity index (χ4n) is 2.14. The fourth-order valence-corrected chi connectivity index (χ4v) is 3.05. The molecular weight excluding hydrogens is 232 g/mol. The first kappa shape index (κ1) is 14.8. The van der Waals surface area contributed by atoms with Crippen molar-refractivity contribution in [2.75, 3.05) is 19.3 Å². The van der Waals surface area contributed by atoms with Crippen LogP contribution in [0.2, 0.25) is 0 Å². The summed E-state index contributed by atoms with van der Waals surface area (Å²) < 4.78 is 0.303. The summed E-state index contributed by atoms with van der Waals surface area (Å²) in [7, 11) is 0. The Kier molecular flexibility index (Phi) is 5.32. The zero-order valence-electron chi connectivity index (χ0n) is 11.6. The molecule has 1 aliphatic rings. The number of amides is 1. The van der Waals surface area contributed by atoms with Crippen molar-refractivity contribution in [3.05, 3.63) is 0 Å². The Bertz CT molecular complexity index is 255. The number of carbonyl (C=O) groups excluding carboxylic acids is 1. The molecule has 2 N–H and O–H groups in total. The van der Waals surface area contributed by atoms with Crippen molar-refractivity contribution in [3.63, 3.8) is 0 Å². The Hall–Kier alpha value is -0.220. The lowest BCUT2D eigenvalue weighted by Gasteiger charge is -2.27. The maximum absolute atomic E-state index is 11.7. The molecule has 0 aliphatic heterocycles. The zero-order chi connectivity index (χ0) is 12.9. The van der Waals surface area contributed by atoms with Crippen molar-refractivity contribution in [1.82, 2.24) is 10.6 Å². The van der Waals surface area contributed by atoms with Gasteiger partial charge in [-0.1, -0.05) is 12.8 Å². The van der Waals surface area contributed by atoms with Gasteiger partial charge in [-0.05, 0) is 39.9 Å². The Morgan fingerprint density at radius 1 is 1.29 bits per heavy atom. The van der Waals surface area contributed by atoms with Crippen molar-refractivity contribution >= 4 is 17.7 Å². The van der Waals surface area contributed by atoms with Crippen LogP contribution in [0.4, 0.5) is 0 Å². The molecule has 1 amide bonds. The van der Waals surface area contributed by atoms with Gasteiger partial charge in [0.1, 0.15) is 0 Å². The lowest BCUT2D eigenvalue weighted by atomic mass is 10.1. The standard InChI is InChI=1S/C13H26N2OS/c1-12(2,3)15-9-11(16)14-10-13(17-4)7-5-6-8-13/h15H,5-10H2,1-4H3,(H,14,16). The summed E-state index contributed by atoms with van der Waals surface area (Å²) in [6.07, 6.45) is 7.24. The molecule has 1 fully saturated rings. The molecule has 17 heavy (non-hydrogen) atoms. The molecule has 0 radical (unpaired) electrons. The van der Waals surface area contributed by atoms with Crippen LogP contribution in [-0.2, 0) is 4.79 Å². The van der Waals surface area contributed by atoms with Crippen molar-refractivity contribution in [2.24, 2.45) is 0 Å². The lowest BCUT2D eigenvalue weighted by molar-refractivity contribution is -0.120. The van der Waals surface area contributed by atoms with E-state index in [1.54, 1.807) is 0 Å². The number of nitrogens with one attached hydrogen (secondary N) is 2. The minimum absolute atomic E-state index is 0.00188. The predicted molar refractivity (Wildman–Crippen MR) is 75.5 cm³/mol. The molecule has 0 aromatic carbocycles. The van der Waals surface area contributed by atoms with Crippen LogP contribution in [0.3, 0.4) is 0 Å². The molecule has 0 saturated heterocycles. The normalized spacial score (nSPS) is 19.3. The van der Waals surface area contributed by atoms with Gasteiger partial charge in [-0.15, -0.1) is 0 Å². The second-order valence-corrected chi connectivity index (χ2v) is 7.25. The zero-order valence-corrected chi connectivity index (χ0v) is 12.4. The van der Waals surface area contributed by atoms with Crippen LogP contribution in [0.15, 0.2) is 0 Å². The number of rotatable bonds is 5. The van der Waals surface area contributed by atoms with E-state index in [-0.39, 0.29) is 11.4 Å². The summed E-state index contributed by atoms with van der Waals surface area (Å²) in [4.78, 5) is 11.7. The Labute approximate surface area is 109 Å². The number of hydrogen-bond acceptors (Lipinski definition) is 3. The van der Waals surface area contributed by atoms with Gasteiger partial charge >= 0.3 is 0 Å². The molecule has 1 rings (SSSR count). The molecule has 0 aromatic heterocycles. The third-order valence-corrected chi connectivity index (χ3v) is 4.75. The largest absolute Gasteiger partial charge is 0.354 e. The first-order valence-corrected chi connectivity index (χ1v) is 7.66. The monoisotopic (exact) mass is 258 g/mol. The summed E-state index contributed by atoms with van der Waals surface area (Å²) in [6, 6.07) is 0. The minimum Gasteiger partial charge on any atom is -0.354 e. The van der Waals surface area contributed by atoms with Crippen molar-refractivity contribution < 1.29 is 4.79 Å². The lowest BCUT2D eigenvalue weighted by Crippen LogP contribution is -2.46. The number of carbonyl (C=O) groups is 1. The molecule has 0 atom stereocenters. The van der Waals surface area contributed by atoms with E-state index in [1.807, 2.05) is 11.8 Å². The van der Waals surface area contributed by atoms with Crippen LogP contribution in [0, 0.1) is 0 Å². The molecule has 0 heterocycles. The first-order chi connectivity index (χ1) is 7.87. The molecule has 1 saturated carbocycles. The Morgan fingerprint density at radius 2 is 1.88 bits per heavy atom. The van der Waals surface area contributed by atoms with E-state index in [4.69, 9.17) is 0 Å². The second-order valence-electron chi connectivity index (χ2n) is 5.97. The van der Waals surface area contributed by atoms with Gasteiger partial charge in [-0.25, -0.2) is 0 Å². The van der Waals surface area contributed by atoms with E-state index in [2.05, 4.69) is 37.7 Å². The number of thioether (sulfide) groups is 1. The molecule has 0 bridgehead atoms. The van der Waals surface area contributed by atoms with Gasteiger partial charge < -0.3 is 10.6 Å². The SMILES string of the molecule is CSC1(CNC(=O)CNC(C)(C)C)CCCC1. The molecule has 0 unspecified atom stereocenters. The highest BCUT2D eigenvalue weighted by molar-refractivity contribution is 8.00. The van der Waals surface area contributed by atoms with Crippen LogP contribution in [-0.4, -0.2) is 35.5 Å². The summed E-state index contributed by atoms with van der Waals surface area (Å²) >= 11 is 1.91. The van der Waals surface area contributed by atoms with Gasteiger partial charge in [0, 0.05) is 16.8 Å². The second kappa shape index (κ2) is 6.10. The Morgan fingerprint density at radius 3 is 2.35 bits per heavy atom. The van der Waals surface area contributed by atoms with Gasteiger partial charge in [0.2, 0.25) is 5.91 Å². The molecule has 0 spiro atoms. The molecule has 4 heteroatoms. The third-order valence-electron chi connectivity index (χ3n) is 3.33. The van der Waals surface area contributed by atoms with Crippen LogP contribution >= 0.6 is 11.8 Å². The minimum atomic E-state index is 0.00188. The average Bonchev–Trinajstić information content (AvgIpc) is 2.72. The van der Waals surface area contributed by atoms with Crippen LogP contribution < -0.4 is 10.6 Å². The van der Waals surface area contributed by atoms with Crippen LogP contribution in [0.1, 0.15) is 46.5 Å². The fraction of sp³-hybridized carbons (Fsp3) is 0.923. The summed E-state index contributed by atoms with van der Waals surface area (Å²) in [5, 5.41) is 6.28. The van der Waals surface area contributed by atoms with Gasteiger partial charge in [-0.2, -0.15) is 11.8 Å². The van der Waals surface area contributed by atoms with E-state index in [1.165, 1.54) is 25.7 Å². The maximum atomic E-state index is 11.7. The quantitative estimate of drug-likeness (QED) is 0.794. The predicted octanol–water partition coefficient (Wildman–Crippen LogP) is 2.17. The molecule has 3 nitrogen and oxygen atoms in total. The summed E-state index contributed by atoms with van der Waals surface area (Å²) in [5.41, 5.74) is 0.00188. The molecule has 1 aliphatic carbocycles. The molecular formula is C13H26N2OS. The smallest absolute Gasteiger partial charge is 0.234 e. The highest BCUT2D eigenvalue weighted by Crippen LogP contribution is 2.39. The van der Waals surface area contributed by atoms with Gasteiger partial charge in [0.25, 0.3) is 0 Å². The highest BCUT2D eigenvalue weighted by atomic mass is 32.2. The van der Waals surface area contributed by atoms with E-state index < -0.39 is 0 Å².